The number of ether oxygens (including phenoxy) is 1. The largest absolute Gasteiger partial charge is 0.378 e. The zero-order valence-corrected chi connectivity index (χ0v) is 11.9. The summed E-state index contributed by atoms with van der Waals surface area (Å²) in [5.74, 6) is 0. The Labute approximate surface area is 112 Å². The summed E-state index contributed by atoms with van der Waals surface area (Å²) in [6.07, 6.45) is 11.0. The molecule has 0 aromatic heterocycles. The minimum atomic E-state index is 0.469. The summed E-state index contributed by atoms with van der Waals surface area (Å²) in [6.45, 7) is 4.94. The van der Waals surface area contributed by atoms with E-state index in [1.807, 2.05) is 0 Å². The normalized spacial score (nSPS) is 30.3. The average Bonchev–Trinajstić information content (AvgIpc) is 2.42. The molecule has 2 unspecified atom stereocenters. The topological polar surface area (TPSA) is 47.3 Å². The highest BCUT2D eigenvalue weighted by molar-refractivity contribution is 5.08. The molecule has 0 bridgehead atoms. The van der Waals surface area contributed by atoms with E-state index < -0.39 is 0 Å². The fraction of sp³-hybridized carbons (Fsp3) is 1.00. The smallest absolute Gasteiger partial charge is 0.0661 e. The first-order chi connectivity index (χ1) is 8.83. The zero-order chi connectivity index (χ0) is 12.8. The Morgan fingerprint density at radius 1 is 1.22 bits per heavy atom. The van der Waals surface area contributed by atoms with Crippen LogP contribution in [0.4, 0.5) is 0 Å². The summed E-state index contributed by atoms with van der Waals surface area (Å²) in [6, 6.07) is 0.701. The van der Waals surface area contributed by atoms with Gasteiger partial charge in [-0.3, -0.25) is 0 Å². The van der Waals surface area contributed by atoms with E-state index in [4.69, 9.17) is 10.5 Å². The summed E-state index contributed by atoms with van der Waals surface area (Å²) in [5.41, 5.74) is 6.01. The molecule has 3 heteroatoms. The van der Waals surface area contributed by atoms with Crippen LogP contribution in [0.5, 0.6) is 0 Å². The summed E-state index contributed by atoms with van der Waals surface area (Å²) in [7, 11) is 0. The number of hydrogen-bond acceptors (Lipinski definition) is 3. The van der Waals surface area contributed by atoms with Crippen LogP contribution in [-0.4, -0.2) is 31.8 Å². The minimum absolute atomic E-state index is 0.469. The Bertz CT molecular complexity index is 239. The van der Waals surface area contributed by atoms with E-state index in [-0.39, 0.29) is 0 Å². The van der Waals surface area contributed by atoms with Crippen LogP contribution in [0.3, 0.4) is 0 Å². The molecule has 0 radical (unpaired) electrons. The lowest BCUT2D eigenvalue weighted by Gasteiger charge is -2.58. The molecule has 2 aliphatic carbocycles. The van der Waals surface area contributed by atoms with E-state index in [0.29, 0.717) is 17.6 Å². The summed E-state index contributed by atoms with van der Waals surface area (Å²) < 4.78 is 5.97. The number of hydrogen-bond donors (Lipinski definition) is 2. The number of unbranched alkanes of at least 4 members (excludes halogenated alkanes) is 1. The van der Waals surface area contributed by atoms with Crippen molar-refractivity contribution in [3.63, 3.8) is 0 Å². The van der Waals surface area contributed by atoms with Crippen molar-refractivity contribution < 1.29 is 4.74 Å². The second-order valence-electron chi connectivity index (χ2n) is 5.98. The van der Waals surface area contributed by atoms with Gasteiger partial charge in [0.25, 0.3) is 0 Å². The van der Waals surface area contributed by atoms with Gasteiger partial charge in [0, 0.05) is 18.1 Å². The van der Waals surface area contributed by atoms with Crippen LogP contribution in [-0.2, 0) is 4.74 Å². The quantitative estimate of drug-likeness (QED) is 0.686. The number of nitrogens with one attached hydrogen (secondary N) is 1. The van der Waals surface area contributed by atoms with Crippen LogP contribution < -0.4 is 11.1 Å². The Morgan fingerprint density at radius 3 is 2.67 bits per heavy atom. The van der Waals surface area contributed by atoms with E-state index in [9.17, 15) is 0 Å². The third-order valence-electron chi connectivity index (χ3n) is 4.96. The second-order valence-corrected chi connectivity index (χ2v) is 5.98. The van der Waals surface area contributed by atoms with Gasteiger partial charge in [-0.2, -0.15) is 0 Å². The lowest BCUT2D eigenvalue weighted by atomic mass is 9.55. The van der Waals surface area contributed by atoms with Gasteiger partial charge in [-0.05, 0) is 52.1 Å². The molecule has 18 heavy (non-hydrogen) atoms. The monoisotopic (exact) mass is 254 g/mol. The molecule has 106 valence electrons. The molecule has 0 aromatic carbocycles. The van der Waals surface area contributed by atoms with Gasteiger partial charge in [0.15, 0.2) is 0 Å². The molecule has 0 aliphatic heterocycles. The van der Waals surface area contributed by atoms with Gasteiger partial charge in [0.2, 0.25) is 0 Å². The van der Waals surface area contributed by atoms with Crippen LogP contribution in [0, 0.1) is 5.41 Å². The number of rotatable bonds is 7. The molecule has 0 aromatic rings. The van der Waals surface area contributed by atoms with Gasteiger partial charge >= 0.3 is 0 Å². The maximum atomic E-state index is 5.97. The van der Waals surface area contributed by atoms with Gasteiger partial charge in [0.05, 0.1) is 6.10 Å². The lowest BCUT2D eigenvalue weighted by molar-refractivity contribution is -0.149. The van der Waals surface area contributed by atoms with E-state index in [0.717, 1.165) is 26.1 Å². The fourth-order valence-electron chi connectivity index (χ4n) is 3.90. The molecule has 1 spiro atoms. The minimum Gasteiger partial charge on any atom is -0.378 e. The standard InChI is InChI=1S/C15H30N2O/c1-2-18-14-12-13(17-11-7-6-10-16)15(14)8-4-3-5-9-15/h13-14,17H,2-12,16H2,1H3. The molecular weight excluding hydrogens is 224 g/mol. The third-order valence-corrected chi connectivity index (χ3v) is 4.96. The Hall–Kier alpha value is -0.120. The molecule has 2 aliphatic rings. The first-order valence-electron chi connectivity index (χ1n) is 7.88. The average molecular weight is 254 g/mol. The molecule has 2 saturated carbocycles. The maximum absolute atomic E-state index is 5.97. The van der Waals surface area contributed by atoms with Gasteiger partial charge in [-0.15, -0.1) is 0 Å². The van der Waals surface area contributed by atoms with Crippen molar-refractivity contribution in [1.29, 1.82) is 0 Å². The van der Waals surface area contributed by atoms with Crippen LogP contribution in [0.15, 0.2) is 0 Å². The Balaban J connectivity index is 1.82. The molecule has 2 rings (SSSR count). The zero-order valence-electron chi connectivity index (χ0n) is 11.9. The lowest BCUT2D eigenvalue weighted by Crippen LogP contribution is -2.64. The summed E-state index contributed by atoms with van der Waals surface area (Å²) >= 11 is 0. The number of nitrogens with two attached hydrogens (primary N) is 1. The van der Waals surface area contributed by atoms with Crippen LogP contribution in [0.1, 0.15) is 58.3 Å². The van der Waals surface area contributed by atoms with Crippen molar-refractivity contribution >= 4 is 0 Å². The molecule has 0 heterocycles. The first-order valence-corrected chi connectivity index (χ1v) is 7.88. The molecule has 3 N–H and O–H groups in total. The van der Waals surface area contributed by atoms with Gasteiger partial charge < -0.3 is 15.8 Å². The Morgan fingerprint density at radius 2 is 2.00 bits per heavy atom. The van der Waals surface area contributed by atoms with Crippen molar-refractivity contribution in [1.82, 2.24) is 5.32 Å². The van der Waals surface area contributed by atoms with Gasteiger partial charge in [-0.1, -0.05) is 19.3 Å². The van der Waals surface area contributed by atoms with Gasteiger partial charge in [0.1, 0.15) is 0 Å². The van der Waals surface area contributed by atoms with Crippen molar-refractivity contribution in [3.8, 4) is 0 Å². The predicted octanol–water partition coefficient (Wildman–Crippen LogP) is 2.44. The van der Waals surface area contributed by atoms with E-state index >= 15 is 0 Å². The van der Waals surface area contributed by atoms with Crippen molar-refractivity contribution in [2.75, 3.05) is 19.7 Å². The second kappa shape index (κ2) is 6.88. The van der Waals surface area contributed by atoms with Crippen molar-refractivity contribution in [2.24, 2.45) is 11.1 Å². The molecule has 0 amide bonds. The molecule has 2 fully saturated rings. The predicted molar refractivity (Wildman–Crippen MR) is 75.6 cm³/mol. The summed E-state index contributed by atoms with van der Waals surface area (Å²) in [4.78, 5) is 0. The Kier molecular flexibility index (Phi) is 5.46. The maximum Gasteiger partial charge on any atom is 0.0661 e. The fourth-order valence-corrected chi connectivity index (χ4v) is 3.90. The first kappa shape index (κ1) is 14.3. The van der Waals surface area contributed by atoms with Gasteiger partial charge in [-0.25, -0.2) is 0 Å². The highest BCUT2D eigenvalue weighted by Gasteiger charge is 2.55. The van der Waals surface area contributed by atoms with E-state index in [1.54, 1.807) is 0 Å². The van der Waals surface area contributed by atoms with Crippen LogP contribution in [0.2, 0.25) is 0 Å². The highest BCUT2D eigenvalue weighted by atomic mass is 16.5. The molecular formula is C15H30N2O. The molecule has 3 nitrogen and oxygen atoms in total. The SMILES string of the molecule is CCOC1CC(NCCCCN)C12CCCCC2. The van der Waals surface area contributed by atoms with Crippen molar-refractivity contribution in [3.05, 3.63) is 0 Å². The van der Waals surface area contributed by atoms with E-state index in [2.05, 4.69) is 12.2 Å². The van der Waals surface area contributed by atoms with Crippen LogP contribution >= 0.6 is 0 Å². The molecule has 2 atom stereocenters. The molecule has 0 saturated heterocycles. The van der Waals surface area contributed by atoms with Crippen molar-refractivity contribution in [2.45, 2.75) is 70.4 Å². The van der Waals surface area contributed by atoms with E-state index in [1.165, 1.54) is 44.9 Å². The summed E-state index contributed by atoms with van der Waals surface area (Å²) in [5, 5.41) is 3.77. The highest BCUT2D eigenvalue weighted by Crippen LogP contribution is 2.53. The van der Waals surface area contributed by atoms with Crippen LogP contribution in [0.25, 0.3) is 0 Å². The third kappa shape index (κ3) is 2.89.